The Morgan fingerprint density at radius 2 is 1.90 bits per heavy atom. The van der Waals surface area contributed by atoms with Gasteiger partial charge in [0, 0.05) is 25.0 Å². The molecule has 1 saturated carbocycles. The zero-order chi connectivity index (χ0) is 14.7. The third-order valence-corrected chi connectivity index (χ3v) is 4.37. The predicted molar refractivity (Wildman–Crippen MR) is 81.9 cm³/mol. The minimum absolute atomic E-state index is 0.110. The molecule has 1 heterocycles. The maximum Gasteiger partial charge on any atom is 0.223 e. The summed E-state index contributed by atoms with van der Waals surface area (Å²) in [7, 11) is 0. The fourth-order valence-corrected chi connectivity index (χ4v) is 3.09. The SMILES string of the molecule is CC(NC(=O)C1CC1)C(c1ccccc1)N1CCOCC1. The quantitative estimate of drug-likeness (QED) is 0.901. The molecule has 0 bridgehead atoms. The Hall–Kier alpha value is -1.39. The number of nitrogens with zero attached hydrogens (tertiary/aromatic N) is 1. The Kier molecular flexibility index (Phi) is 4.56. The van der Waals surface area contributed by atoms with Gasteiger partial charge in [-0.15, -0.1) is 0 Å². The van der Waals surface area contributed by atoms with E-state index >= 15 is 0 Å². The van der Waals surface area contributed by atoms with E-state index in [1.165, 1.54) is 5.56 Å². The molecule has 0 radical (unpaired) electrons. The van der Waals surface area contributed by atoms with E-state index in [-0.39, 0.29) is 23.9 Å². The molecule has 1 aliphatic heterocycles. The molecule has 114 valence electrons. The van der Waals surface area contributed by atoms with Gasteiger partial charge in [-0.2, -0.15) is 0 Å². The zero-order valence-electron chi connectivity index (χ0n) is 12.6. The zero-order valence-corrected chi connectivity index (χ0v) is 12.6. The molecule has 3 rings (SSSR count). The minimum Gasteiger partial charge on any atom is -0.379 e. The maximum absolute atomic E-state index is 12.1. The minimum atomic E-state index is 0.110. The number of amides is 1. The van der Waals surface area contributed by atoms with Gasteiger partial charge in [-0.3, -0.25) is 9.69 Å². The fourth-order valence-electron chi connectivity index (χ4n) is 3.09. The number of rotatable bonds is 5. The van der Waals surface area contributed by atoms with Gasteiger partial charge < -0.3 is 10.1 Å². The van der Waals surface area contributed by atoms with Crippen molar-refractivity contribution in [2.75, 3.05) is 26.3 Å². The molecule has 1 amide bonds. The molecule has 1 N–H and O–H groups in total. The predicted octanol–water partition coefficient (Wildman–Crippen LogP) is 1.97. The van der Waals surface area contributed by atoms with Crippen LogP contribution in [0.5, 0.6) is 0 Å². The van der Waals surface area contributed by atoms with Gasteiger partial charge in [-0.25, -0.2) is 0 Å². The van der Waals surface area contributed by atoms with E-state index < -0.39 is 0 Å². The van der Waals surface area contributed by atoms with Crippen LogP contribution in [0.25, 0.3) is 0 Å². The summed E-state index contributed by atoms with van der Waals surface area (Å²) < 4.78 is 5.47. The summed E-state index contributed by atoms with van der Waals surface area (Å²) in [6.07, 6.45) is 2.10. The van der Waals surface area contributed by atoms with Crippen LogP contribution in [0.4, 0.5) is 0 Å². The van der Waals surface area contributed by atoms with E-state index in [9.17, 15) is 4.79 Å². The lowest BCUT2D eigenvalue weighted by molar-refractivity contribution is -0.123. The van der Waals surface area contributed by atoms with Gasteiger partial charge in [0.05, 0.1) is 19.3 Å². The van der Waals surface area contributed by atoms with Gasteiger partial charge in [0.1, 0.15) is 0 Å². The van der Waals surface area contributed by atoms with Crippen molar-refractivity contribution in [2.24, 2.45) is 5.92 Å². The van der Waals surface area contributed by atoms with Gasteiger partial charge in [-0.05, 0) is 25.3 Å². The molecule has 2 aliphatic rings. The molecule has 1 saturated heterocycles. The molecule has 4 nitrogen and oxygen atoms in total. The Bertz CT molecular complexity index is 467. The van der Waals surface area contributed by atoms with Crippen molar-refractivity contribution < 1.29 is 9.53 Å². The van der Waals surface area contributed by atoms with Crippen LogP contribution >= 0.6 is 0 Å². The topological polar surface area (TPSA) is 41.6 Å². The van der Waals surface area contributed by atoms with Crippen LogP contribution in [0.15, 0.2) is 30.3 Å². The molecule has 2 atom stereocenters. The van der Waals surface area contributed by atoms with Gasteiger partial charge in [-0.1, -0.05) is 30.3 Å². The van der Waals surface area contributed by atoms with Crippen LogP contribution < -0.4 is 5.32 Å². The largest absolute Gasteiger partial charge is 0.379 e. The maximum atomic E-state index is 12.1. The second kappa shape index (κ2) is 6.58. The van der Waals surface area contributed by atoms with Crippen LogP contribution in [-0.2, 0) is 9.53 Å². The highest BCUT2D eigenvalue weighted by molar-refractivity contribution is 5.81. The lowest BCUT2D eigenvalue weighted by Gasteiger charge is -2.38. The van der Waals surface area contributed by atoms with Crippen LogP contribution in [0, 0.1) is 5.92 Å². The average Bonchev–Trinajstić information content (AvgIpc) is 3.34. The molecule has 1 aromatic rings. The van der Waals surface area contributed by atoms with Gasteiger partial charge in [0.25, 0.3) is 0 Å². The summed E-state index contributed by atoms with van der Waals surface area (Å²) in [6.45, 7) is 5.50. The number of benzene rings is 1. The monoisotopic (exact) mass is 288 g/mol. The van der Waals surface area contributed by atoms with Crippen molar-refractivity contribution in [3.8, 4) is 0 Å². The average molecular weight is 288 g/mol. The van der Waals surface area contributed by atoms with Crippen molar-refractivity contribution in [1.29, 1.82) is 0 Å². The summed E-state index contributed by atoms with van der Waals surface area (Å²) in [4.78, 5) is 14.5. The molecule has 21 heavy (non-hydrogen) atoms. The summed E-state index contributed by atoms with van der Waals surface area (Å²) in [5.41, 5.74) is 1.27. The Balaban J connectivity index is 1.75. The number of hydrogen-bond donors (Lipinski definition) is 1. The molecule has 1 aliphatic carbocycles. The Labute approximate surface area is 126 Å². The highest BCUT2D eigenvalue weighted by Crippen LogP contribution is 2.30. The van der Waals surface area contributed by atoms with E-state index in [1.54, 1.807) is 0 Å². The smallest absolute Gasteiger partial charge is 0.223 e. The van der Waals surface area contributed by atoms with E-state index in [1.807, 2.05) is 6.07 Å². The standard InChI is InChI=1S/C17H24N2O2/c1-13(18-17(20)15-7-8-15)16(14-5-3-2-4-6-14)19-9-11-21-12-10-19/h2-6,13,15-16H,7-12H2,1H3,(H,18,20). The van der Waals surface area contributed by atoms with E-state index in [0.717, 1.165) is 39.1 Å². The van der Waals surface area contributed by atoms with E-state index in [4.69, 9.17) is 4.74 Å². The summed E-state index contributed by atoms with van der Waals surface area (Å²) >= 11 is 0. The van der Waals surface area contributed by atoms with Crippen molar-refractivity contribution >= 4 is 5.91 Å². The Morgan fingerprint density at radius 3 is 2.52 bits per heavy atom. The first-order valence-corrected chi connectivity index (χ1v) is 7.93. The first kappa shape index (κ1) is 14.5. The highest BCUT2D eigenvalue weighted by atomic mass is 16.5. The Morgan fingerprint density at radius 1 is 1.24 bits per heavy atom. The number of morpholine rings is 1. The van der Waals surface area contributed by atoms with Crippen LogP contribution in [0.1, 0.15) is 31.4 Å². The second-order valence-electron chi connectivity index (χ2n) is 6.08. The highest BCUT2D eigenvalue weighted by Gasteiger charge is 2.33. The van der Waals surface area contributed by atoms with Gasteiger partial charge >= 0.3 is 0 Å². The third-order valence-electron chi connectivity index (χ3n) is 4.37. The lowest BCUT2D eigenvalue weighted by atomic mass is 9.98. The van der Waals surface area contributed by atoms with Crippen molar-refractivity contribution in [3.63, 3.8) is 0 Å². The van der Waals surface area contributed by atoms with Crippen molar-refractivity contribution in [1.82, 2.24) is 10.2 Å². The van der Waals surface area contributed by atoms with Crippen LogP contribution in [-0.4, -0.2) is 43.2 Å². The third kappa shape index (κ3) is 3.63. The van der Waals surface area contributed by atoms with Crippen LogP contribution in [0.2, 0.25) is 0 Å². The molecule has 1 aromatic carbocycles. The van der Waals surface area contributed by atoms with Crippen molar-refractivity contribution in [2.45, 2.75) is 31.8 Å². The lowest BCUT2D eigenvalue weighted by Crippen LogP contribution is -2.48. The molecular weight excluding hydrogens is 264 g/mol. The number of nitrogens with one attached hydrogen (secondary N) is 1. The normalized spacial score (nSPS) is 22.5. The van der Waals surface area contributed by atoms with Gasteiger partial charge in [0.2, 0.25) is 5.91 Å². The fraction of sp³-hybridized carbons (Fsp3) is 0.588. The summed E-state index contributed by atoms with van der Waals surface area (Å²) in [5, 5.41) is 3.22. The molecule has 2 unspecified atom stereocenters. The molecule has 4 heteroatoms. The number of carbonyl (C=O) groups is 1. The summed E-state index contributed by atoms with van der Waals surface area (Å²) in [6, 6.07) is 10.8. The summed E-state index contributed by atoms with van der Waals surface area (Å²) in [5.74, 6) is 0.477. The van der Waals surface area contributed by atoms with Crippen molar-refractivity contribution in [3.05, 3.63) is 35.9 Å². The van der Waals surface area contributed by atoms with E-state index in [2.05, 4.69) is 41.4 Å². The van der Waals surface area contributed by atoms with Crippen LogP contribution in [0.3, 0.4) is 0 Å². The van der Waals surface area contributed by atoms with E-state index in [0.29, 0.717) is 0 Å². The molecular formula is C17H24N2O2. The first-order valence-electron chi connectivity index (χ1n) is 7.93. The van der Waals surface area contributed by atoms with Gasteiger partial charge in [0.15, 0.2) is 0 Å². The number of ether oxygens (including phenoxy) is 1. The molecule has 2 fully saturated rings. The second-order valence-corrected chi connectivity index (χ2v) is 6.08. The number of hydrogen-bond acceptors (Lipinski definition) is 3. The number of carbonyl (C=O) groups excluding carboxylic acids is 1. The first-order chi connectivity index (χ1) is 10.3. The molecule has 0 aromatic heterocycles. The molecule has 0 spiro atoms.